The normalized spacial score (nSPS) is 14.7. The molecule has 0 unspecified atom stereocenters. The summed E-state index contributed by atoms with van der Waals surface area (Å²) < 4.78 is 5.11. The minimum absolute atomic E-state index is 0.00187. The first-order chi connectivity index (χ1) is 10.6. The molecule has 0 radical (unpaired) electrons. The van der Waals surface area contributed by atoms with Crippen LogP contribution in [0, 0.1) is 5.41 Å². The Morgan fingerprint density at radius 2 is 1.55 bits per heavy atom. The van der Waals surface area contributed by atoms with Crippen molar-refractivity contribution in [3.05, 3.63) is 54.6 Å². The summed E-state index contributed by atoms with van der Waals surface area (Å²) in [6, 6.07) is 15.7. The van der Waals surface area contributed by atoms with Crippen LogP contribution in [0.5, 0.6) is 5.75 Å². The first-order valence-electron chi connectivity index (χ1n) is 6.59. The summed E-state index contributed by atoms with van der Waals surface area (Å²) in [6.07, 6.45) is 0. The van der Waals surface area contributed by atoms with Crippen molar-refractivity contribution in [2.24, 2.45) is 0 Å². The van der Waals surface area contributed by atoms with Crippen LogP contribution in [0.25, 0.3) is 0 Å². The average molecular weight is 311 g/mol. The van der Waals surface area contributed by atoms with Crippen LogP contribution in [0.15, 0.2) is 54.6 Å². The van der Waals surface area contributed by atoms with E-state index in [2.05, 4.69) is 0 Å². The molecule has 1 aliphatic rings. The predicted octanol–water partition coefficient (Wildman–Crippen LogP) is 3.45. The number of urea groups is 1. The van der Waals surface area contributed by atoms with Gasteiger partial charge in [0.15, 0.2) is 10.8 Å². The molecule has 1 heterocycles. The number of nitrogens with one attached hydrogen (secondary N) is 1. The lowest BCUT2D eigenvalue weighted by molar-refractivity contribution is 0.257. The van der Waals surface area contributed by atoms with E-state index in [1.807, 2.05) is 18.2 Å². The Morgan fingerprint density at radius 3 is 2.14 bits per heavy atom. The number of nitrogens with zero attached hydrogens (tertiary/aromatic N) is 2. The molecule has 2 aromatic rings. The van der Waals surface area contributed by atoms with E-state index in [0.717, 1.165) is 0 Å². The third-order valence-electron chi connectivity index (χ3n) is 3.36. The highest BCUT2D eigenvalue weighted by Crippen LogP contribution is 2.28. The molecular weight excluding hydrogens is 298 g/mol. The van der Waals surface area contributed by atoms with Gasteiger partial charge in [-0.1, -0.05) is 30.4 Å². The number of para-hydroxylation sites is 1. The van der Waals surface area contributed by atoms with Gasteiger partial charge in [-0.15, -0.1) is 0 Å². The lowest BCUT2D eigenvalue weighted by atomic mass is 10.3. The largest absolute Gasteiger partial charge is 0.497 e. The number of methoxy groups -OCH3 is 1. The molecule has 0 bridgehead atoms. The van der Waals surface area contributed by atoms with Crippen molar-refractivity contribution in [2.45, 2.75) is 0 Å². The number of hydrogen-bond donors (Lipinski definition) is 1. The predicted molar refractivity (Wildman–Crippen MR) is 90.1 cm³/mol. The maximum absolute atomic E-state index is 12.7. The SMILES string of the molecule is COc1ccc(N2C(=O)N(c3ccccc3)C(=N)C2=S)cc1. The second-order valence-electron chi connectivity index (χ2n) is 4.64. The molecule has 22 heavy (non-hydrogen) atoms. The number of ether oxygens (including phenoxy) is 1. The van der Waals surface area contributed by atoms with Crippen LogP contribution in [0.2, 0.25) is 0 Å². The summed E-state index contributed by atoms with van der Waals surface area (Å²) in [4.78, 5) is 15.5. The summed E-state index contributed by atoms with van der Waals surface area (Å²) in [5.74, 6) is 0.693. The van der Waals surface area contributed by atoms with Crippen LogP contribution in [0.1, 0.15) is 0 Å². The maximum Gasteiger partial charge on any atom is 0.340 e. The van der Waals surface area contributed by atoms with Crippen LogP contribution in [0.3, 0.4) is 0 Å². The number of amidine groups is 1. The molecule has 110 valence electrons. The zero-order valence-corrected chi connectivity index (χ0v) is 12.6. The van der Waals surface area contributed by atoms with Crippen molar-refractivity contribution in [3.63, 3.8) is 0 Å². The Labute approximate surface area is 133 Å². The number of benzene rings is 2. The summed E-state index contributed by atoms with van der Waals surface area (Å²) in [5.41, 5.74) is 1.23. The Kier molecular flexibility index (Phi) is 3.60. The minimum atomic E-state index is -0.355. The van der Waals surface area contributed by atoms with Gasteiger partial charge >= 0.3 is 6.03 Å². The number of anilines is 2. The van der Waals surface area contributed by atoms with Crippen LogP contribution in [-0.2, 0) is 0 Å². The third kappa shape index (κ3) is 2.23. The number of amides is 2. The molecule has 0 aliphatic carbocycles. The number of thiocarbonyl (C=S) groups is 1. The summed E-state index contributed by atoms with van der Waals surface area (Å²) in [6.45, 7) is 0. The molecule has 6 heteroatoms. The van der Waals surface area contributed by atoms with E-state index in [1.165, 1.54) is 9.80 Å². The minimum Gasteiger partial charge on any atom is -0.497 e. The number of carbonyl (C=O) groups is 1. The highest BCUT2D eigenvalue weighted by Gasteiger charge is 2.40. The van der Waals surface area contributed by atoms with E-state index in [4.69, 9.17) is 22.4 Å². The average Bonchev–Trinajstić information content (AvgIpc) is 2.78. The van der Waals surface area contributed by atoms with E-state index in [-0.39, 0.29) is 16.9 Å². The van der Waals surface area contributed by atoms with Crippen molar-refractivity contribution in [1.29, 1.82) is 5.41 Å². The molecule has 0 spiro atoms. The fourth-order valence-electron chi connectivity index (χ4n) is 2.26. The van der Waals surface area contributed by atoms with Crippen molar-refractivity contribution < 1.29 is 9.53 Å². The fourth-order valence-corrected chi connectivity index (χ4v) is 2.53. The quantitative estimate of drug-likeness (QED) is 0.883. The molecule has 0 saturated carbocycles. The van der Waals surface area contributed by atoms with Gasteiger partial charge in [-0.2, -0.15) is 0 Å². The van der Waals surface area contributed by atoms with Gasteiger partial charge in [-0.3, -0.25) is 5.41 Å². The molecule has 3 rings (SSSR count). The lowest BCUT2D eigenvalue weighted by Gasteiger charge is -2.17. The van der Waals surface area contributed by atoms with E-state index in [1.54, 1.807) is 43.5 Å². The van der Waals surface area contributed by atoms with Gasteiger partial charge in [-0.25, -0.2) is 14.6 Å². The molecule has 1 aliphatic heterocycles. The zero-order valence-electron chi connectivity index (χ0n) is 11.8. The van der Waals surface area contributed by atoms with Gasteiger partial charge < -0.3 is 4.74 Å². The Balaban J connectivity index is 1.98. The van der Waals surface area contributed by atoms with Gasteiger partial charge in [-0.05, 0) is 36.4 Å². The Hall–Kier alpha value is -2.73. The smallest absolute Gasteiger partial charge is 0.340 e. The van der Waals surface area contributed by atoms with Crippen molar-refractivity contribution in [3.8, 4) is 5.75 Å². The number of carbonyl (C=O) groups excluding carboxylic acids is 1. The molecule has 5 nitrogen and oxygen atoms in total. The van der Waals surface area contributed by atoms with E-state index < -0.39 is 0 Å². The monoisotopic (exact) mass is 311 g/mol. The van der Waals surface area contributed by atoms with Gasteiger partial charge in [0.2, 0.25) is 0 Å². The molecule has 1 saturated heterocycles. The van der Waals surface area contributed by atoms with Crippen LogP contribution < -0.4 is 14.5 Å². The summed E-state index contributed by atoms with van der Waals surface area (Å²) in [7, 11) is 1.58. The van der Waals surface area contributed by atoms with E-state index in [0.29, 0.717) is 17.1 Å². The fraction of sp³-hybridized carbons (Fsp3) is 0.0625. The molecule has 2 amide bonds. The Morgan fingerprint density at radius 1 is 0.955 bits per heavy atom. The van der Waals surface area contributed by atoms with Gasteiger partial charge in [0.05, 0.1) is 18.5 Å². The second kappa shape index (κ2) is 5.57. The third-order valence-corrected chi connectivity index (χ3v) is 3.73. The highest BCUT2D eigenvalue weighted by molar-refractivity contribution is 7.82. The van der Waals surface area contributed by atoms with Crippen molar-refractivity contribution in [1.82, 2.24) is 0 Å². The Bertz CT molecular complexity index is 744. The van der Waals surface area contributed by atoms with Gasteiger partial charge in [0, 0.05) is 0 Å². The molecule has 1 fully saturated rings. The summed E-state index contributed by atoms with van der Waals surface area (Å²) >= 11 is 5.27. The van der Waals surface area contributed by atoms with Gasteiger partial charge in [0.1, 0.15) is 5.75 Å². The molecule has 1 N–H and O–H groups in total. The van der Waals surface area contributed by atoms with Crippen LogP contribution in [-0.4, -0.2) is 24.0 Å². The van der Waals surface area contributed by atoms with Gasteiger partial charge in [0.25, 0.3) is 0 Å². The van der Waals surface area contributed by atoms with E-state index in [9.17, 15) is 4.79 Å². The first-order valence-corrected chi connectivity index (χ1v) is 7.00. The molecule has 2 aromatic carbocycles. The number of rotatable bonds is 3. The van der Waals surface area contributed by atoms with Crippen molar-refractivity contribution in [2.75, 3.05) is 16.9 Å². The standard InChI is InChI=1S/C16H13N3O2S/c1-21-13-9-7-12(8-10-13)19-15(22)14(17)18(16(19)20)11-5-3-2-4-6-11/h2-10,17H,1H3. The van der Waals surface area contributed by atoms with Crippen LogP contribution in [0.4, 0.5) is 16.2 Å². The molecule has 0 atom stereocenters. The van der Waals surface area contributed by atoms with Crippen LogP contribution >= 0.6 is 12.2 Å². The summed E-state index contributed by atoms with van der Waals surface area (Å²) in [5, 5.41) is 8.14. The second-order valence-corrected chi connectivity index (χ2v) is 5.03. The first kappa shape index (κ1) is 14.2. The highest BCUT2D eigenvalue weighted by atomic mass is 32.1. The van der Waals surface area contributed by atoms with Crippen molar-refractivity contribution >= 4 is 40.4 Å². The molecular formula is C16H13N3O2S. The zero-order chi connectivity index (χ0) is 15.7. The molecule has 0 aromatic heterocycles. The topological polar surface area (TPSA) is 56.6 Å². The van der Waals surface area contributed by atoms with E-state index >= 15 is 0 Å². The maximum atomic E-state index is 12.7. The number of hydrogen-bond acceptors (Lipinski definition) is 4. The lowest BCUT2D eigenvalue weighted by Crippen LogP contribution is -2.33.